The zero-order chi connectivity index (χ0) is 21.1. The van der Waals surface area contributed by atoms with Gasteiger partial charge < -0.3 is 16.4 Å². The third-order valence-electron chi connectivity index (χ3n) is 4.82. The number of rotatable bonds is 7. The molecule has 0 saturated heterocycles. The van der Waals surface area contributed by atoms with Crippen LogP contribution in [-0.4, -0.2) is 9.97 Å². The lowest BCUT2D eigenvalue weighted by Crippen LogP contribution is -2.12. The fourth-order valence-corrected chi connectivity index (χ4v) is 4.17. The maximum atomic E-state index is 14.2. The van der Waals surface area contributed by atoms with Crippen LogP contribution in [0.2, 0.25) is 5.02 Å². The van der Waals surface area contributed by atoms with Gasteiger partial charge in [-0.15, -0.1) is 11.3 Å². The molecule has 154 valence electrons. The van der Waals surface area contributed by atoms with Crippen LogP contribution >= 0.6 is 22.9 Å². The van der Waals surface area contributed by atoms with Gasteiger partial charge >= 0.3 is 0 Å². The van der Waals surface area contributed by atoms with Gasteiger partial charge in [-0.2, -0.15) is 4.98 Å². The molecule has 0 unspecified atom stereocenters. The summed E-state index contributed by atoms with van der Waals surface area (Å²) < 4.78 is 14.2. The highest BCUT2D eigenvalue weighted by Crippen LogP contribution is 2.29. The largest absolute Gasteiger partial charge is 0.362 e. The van der Waals surface area contributed by atoms with Gasteiger partial charge in [0.1, 0.15) is 11.6 Å². The Hall–Kier alpha value is -2.74. The summed E-state index contributed by atoms with van der Waals surface area (Å²) >= 11 is 7.57. The van der Waals surface area contributed by atoms with Gasteiger partial charge in [0.2, 0.25) is 5.95 Å². The molecule has 0 aliphatic rings. The van der Waals surface area contributed by atoms with E-state index in [4.69, 9.17) is 17.3 Å². The minimum atomic E-state index is -0.445. The summed E-state index contributed by atoms with van der Waals surface area (Å²) in [5.74, 6) is 0.647. The number of benzene rings is 2. The number of thiophene rings is 1. The van der Waals surface area contributed by atoms with Gasteiger partial charge in [-0.3, -0.25) is 0 Å². The zero-order valence-electron chi connectivity index (χ0n) is 16.3. The molecule has 0 spiro atoms. The molecule has 0 saturated carbocycles. The number of nitrogens with one attached hydrogen (secondary N) is 2. The number of nitrogens with two attached hydrogens (primary N) is 1. The number of nitrogens with zero attached hydrogens (tertiary/aromatic N) is 2. The highest BCUT2D eigenvalue weighted by Gasteiger charge is 2.15. The van der Waals surface area contributed by atoms with Crippen molar-refractivity contribution in [3.8, 4) is 0 Å². The Bertz CT molecular complexity index is 1170. The Morgan fingerprint density at radius 1 is 1.10 bits per heavy atom. The van der Waals surface area contributed by atoms with E-state index >= 15 is 0 Å². The first-order valence-electron chi connectivity index (χ1n) is 9.53. The average molecular weight is 442 g/mol. The second kappa shape index (κ2) is 8.95. The van der Waals surface area contributed by atoms with E-state index in [-0.39, 0.29) is 17.6 Å². The predicted octanol–water partition coefficient (Wildman–Crippen LogP) is 5.73. The van der Waals surface area contributed by atoms with Crippen molar-refractivity contribution < 1.29 is 4.39 Å². The molecule has 4 rings (SSSR count). The quantitative estimate of drug-likeness (QED) is 0.341. The van der Waals surface area contributed by atoms with Gasteiger partial charge in [0, 0.05) is 28.9 Å². The molecular weight excluding hydrogens is 421 g/mol. The summed E-state index contributed by atoms with van der Waals surface area (Å²) in [7, 11) is 0. The van der Waals surface area contributed by atoms with Gasteiger partial charge in [-0.1, -0.05) is 41.9 Å². The first kappa shape index (κ1) is 20.5. The molecule has 2 heterocycles. The molecule has 2 aromatic carbocycles. The lowest BCUT2D eigenvalue weighted by atomic mass is 10.1. The van der Waals surface area contributed by atoms with Crippen LogP contribution < -0.4 is 16.4 Å². The number of anilines is 2. The Kier molecular flexibility index (Phi) is 6.13. The molecule has 30 heavy (non-hydrogen) atoms. The fraction of sp³-hybridized carbons (Fsp3) is 0.182. The molecule has 4 N–H and O–H groups in total. The minimum Gasteiger partial charge on any atom is -0.362 e. The normalized spacial score (nSPS) is 12.1. The maximum absolute atomic E-state index is 14.2. The van der Waals surface area contributed by atoms with Crippen molar-refractivity contribution in [3.63, 3.8) is 0 Å². The van der Waals surface area contributed by atoms with E-state index in [1.54, 1.807) is 23.5 Å². The van der Waals surface area contributed by atoms with Crippen LogP contribution in [-0.2, 0) is 13.1 Å². The molecule has 1 atom stereocenters. The molecule has 0 aliphatic heterocycles. The molecule has 0 amide bonds. The topological polar surface area (TPSA) is 75.9 Å². The molecule has 8 heteroatoms. The second-order valence-electron chi connectivity index (χ2n) is 6.86. The monoisotopic (exact) mass is 441 g/mol. The van der Waals surface area contributed by atoms with Crippen LogP contribution in [0.3, 0.4) is 0 Å². The molecule has 0 fully saturated rings. The van der Waals surface area contributed by atoms with Crippen molar-refractivity contribution in [2.75, 3.05) is 10.6 Å². The molecule has 4 aromatic rings. The van der Waals surface area contributed by atoms with Crippen LogP contribution in [0.5, 0.6) is 0 Å². The van der Waals surface area contributed by atoms with E-state index in [9.17, 15) is 4.39 Å². The highest BCUT2D eigenvalue weighted by atomic mass is 35.5. The molecule has 5 nitrogen and oxygen atoms in total. The Morgan fingerprint density at radius 2 is 1.90 bits per heavy atom. The SMILES string of the molecule is C[C@@H](Nc1nc(NCc2cccc(Cl)c2F)nc2c(CN)cccc12)c1cccs1. The lowest BCUT2D eigenvalue weighted by Gasteiger charge is -2.17. The van der Waals surface area contributed by atoms with Gasteiger partial charge in [0.15, 0.2) is 0 Å². The van der Waals surface area contributed by atoms with Crippen molar-refractivity contribution >= 4 is 45.6 Å². The number of aromatic nitrogens is 2. The van der Waals surface area contributed by atoms with Gasteiger partial charge in [-0.05, 0) is 36.1 Å². The number of hydrogen-bond acceptors (Lipinski definition) is 6. The maximum Gasteiger partial charge on any atom is 0.225 e. The number of hydrogen-bond donors (Lipinski definition) is 3. The van der Waals surface area contributed by atoms with Crippen molar-refractivity contribution in [1.82, 2.24) is 9.97 Å². The second-order valence-corrected chi connectivity index (χ2v) is 8.25. The van der Waals surface area contributed by atoms with Gasteiger partial charge in [0.05, 0.1) is 16.6 Å². The highest BCUT2D eigenvalue weighted by molar-refractivity contribution is 7.10. The molecule has 0 radical (unpaired) electrons. The van der Waals surface area contributed by atoms with Crippen LogP contribution in [0.1, 0.15) is 29.0 Å². The van der Waals surface area contributed by atoms with E-state index in [2.05, 4.69) is 33.6 Å². The molecule has 0 aliphatic carbocycles. The van der Waals surface area contributed by atoms with Crippen molar-refractivity contribution in [2.24, 2.45) is 5.73 Å². The molecule has 0 bridgehead atoms. The number of halogens is 2. The summed E-state index contributed by atoms with van der Waals surface area (Å²) in [5.41, 5.74) is 8.06. The van der Waals surface area contributed by atoms with Crippen LogP contribution in [0.4, 0.5) is 16.2 Å². The van der Waals surface area contributed by atoms with E-state index in [0.717, 1.165) is 16.5 Å². The van der Waals surface area contributed by atoms with Crippen LogP contribution in [0.25, 0.3) is 10.9 Å². The van der Waals surface area contributed by atoms with Crippen molar-refractivity contribution in [1.29, 1.82) is 0 Å². The van der Waals surface area contributed by atoms with Crippen molar-refractivity contribution in [2.45, 2.75) is 26.1 Å². The summed E-state index contributed by atoms with van der Waals surface area (Å²) in [6, 6.07) is 15.0. The first-order valence-corrected chi connectivity index (χ1v) is 10.8. The minimum absolute atomic E-state index is 0.0721. The summed E-state index contributed by atoms with van der Waals surface area (Å²) in [6.07, 6.45) is 0. The van der Waals surface area contributed by atoms with E-state index in [1.807, 2.05) is 29.6 Å². The number of para-hydroxylation sites is 1. The third-order valence-corrected chi connectivity index (χ3v) is 6.17. The average Bonchev–Trinajstić information content (AvgIpc) is 3.29. The summed E-state index contributed by atoms with van der Waals surface area (Å²) in [4.78, 5) is 10.5. The Labute approximate surface area is 183 Å². The molecule has 2 aromatic heterocycles. The predicted molar refractivity (Wildman–Crippen MR) is 123 cm³/mol. The Balaban J connectivity index is 1.70. The van der Waals surface area contributed by atoms with Gasteiger partial charge in [0.25, 0.3) is 0 Å². The van der Waals surface area contributed by atoms with Gasteiger partial charge in [-0.25, -0.2) is 9.37 Å². The van der Waals surface area contributed by atoms with E-state index in [0.29, 0.717) is 23.9 Å². The fourth-order valence-electron chi connectivity index (χ4n) is 3.24. The molecular formula is C22H21ClFN5S. The first-order chi connectivity index (χ1) is 14.6. The standard InChI is InChI=1S/C22H21ClFN5S/c1-13(18-9-4-10-30-18)27-21-16-7-2-5-14(11-25)20(16)28-22(29-21)26-12-15-6-3-8-17(23)19(15)24/h2-10,13H,11-12,25H2,1H3,(H2,26,27,28,29)/t13-/m1/s1. The van der Waals surface area contributed by atoms with Crippen molar-refractivity contribution in [3.05, 3.63) is 80.8 Å². The number of fused-ring (bicyclic) bond motifs is 1. The summed E-state index contributed by atoms with van der Waals surface area (Å²) in [5, 5.41) is 9.63. The third kappa shape index (κ3) is 4.23. The zero-order valence-corrected chi connectivity index (χ0v) is 17.9. The lowest BCUT2D eigenvalue weighted by molar-refractivity contribution is 0.613. The van der Waals surface area contributed by atoms with E-state index in [1.165, 1.54) is 10.9 Å². The van der Waals surface area contributed by atoms with Crippen LogP contribution in [0, 0.1) is 5.82 Å². The summed E-state index contributed by atoms with van der Waals surface area (Å²) in [6.45, 7) is 2.65. The smallest absolute Gasteiger partial charge is 0.225 e. The van der Waals surface area contributed by atoms with Crippen LogP contribution in [0.15, 0.2) is 53.9 Å². The Morgan fingerprint density at radius 3 is 2.67 bits per heavy atom. The van der Waals surface area contributed by atoms with E-state index < -0.39 is 5.82 Å².